The maximum atomic E-state index is 12.0. The van der Waals surface area contributed by atoms with Gasteiger partial charge in [0.25, 0.3) is 0 Å². The van der Waals surface area contributed by atoms with Gasteiger partial charge in [-0.3, -0.25) is 4.90 Å². The van der Waals surface area contributed by atoms with Crippen LogP contribution in [0.1, 0.15) is 27.7 Å². The molecule has 0 rings (SSSR count). The van der Waals surface area contributed by atoms with Crippen molar-refractivity contribution in [2.45, 2.75) is 46.0 Å². The number of rotatable bonds is 3. The van der Waals surface area contributed by atoms with E-state index >= 15 is 0 Å². The number of halogens is 3. The molecule has 4 heteroatoms. The van der Waals surface area contributed by atoms with Crippen molar-refractivity contribution in [1.82, 2.24) is 4.90 Å². The van der Waals surface area contributed by atoms with E-state index in [1.807, 2.05) is 0 Å². The lowest BCUT2D eigenvalue weighted by atomic mass is 10.2. The summed E-state index contributed by atoms with van der Waals surface area (Å²) in [5.74, 6) is 0. The molecule has 0 saturated carbocycles. The van der Waals surface area contributed by atoms with Crippen molar-refractivity contribution in [1.29, 1.82) is 0 Å². The molecule has 0 saturated heterocycles. The summed E-state index contributed by atoms with van der Waals surface area (Å²) in [5.41, 5.74) is 0. The molecular formula is C8H16F3N. The van der Waals surface area contributed by atoms with Crippen LogP contribution in [0.5, 0.6) is 0 Å². The zero-order chi connectivity index (χ0) is 9.94. The third-order valence-electron chi connectivity index (χ3n) is 1.69. The fourth-order valence-corrected chi connectivity index (χ4v) is 1.17. The lowest BCUT2D eigenvalue weighted by Gasteiger charge is -2.30. The first-order chi connectivity index (χ1) is 5.24. The minimum atomic E-state index is -4.09. The molecule has 0 aliphatic heterocycles. The van der Waals surface area contributed by atoms with Gasteiger partial charge in [-0.2, -0.15) is 13.2 Å². The minimum Gasteiger partial charge on any atom is -0.290 e. The van der Waals surface area contributed by atoms with E-state index < -0.39 is 12.7 Å². The van der Waals surface area contributed by atoms with E-state index in [0.29, 0.717) is 0 Å². The second kappa shape index (κ2) is 4.12. The smallest absolute Gasteiger partial charge is 0.290 e. The van der Waals surface area contributed by atoms with Crippen molar-refractivity contribution in [3.63, 3.8) is 0 Å². The van der Waals surface area contributed by atoms with Gasteiger partial charge < -0.3 is 0 Å². The fraction of sp³-hybridized carbons (Fsp3) is 1.00. The molecule has 0 unspecified atom stereocenters. The molecule has 0 aliphatic carbocycles. The molecule has 0 radical (unpaired) electrons. The summed E-state index contributed by atoms with van der Waals surface area (Å²) in [7, 11) is 0. The average molecular weight is 183 g/mol. The highest BCUT2D eigenvalue weighted by molar-refractivity contribution is 4.70. The highest BCUT2D eigenvalue weighted by atomic mass is 19.4. The standard InChI is InChI=1S/C8H16F3N/c1-6(2)12(7(3)4)5-8(9,10)11/h6-7H,5H2,1-4H3. The second-order valence-electron chi connectivity index (χ2n) is 3.48. The van der Waals surface area contributed by atoms with E-state index in [1.54, 1.807) is 27.7 Å². The number of alkyl halides is 3. The van der Waals surface area contributed by atoms with Crippen LogP contribution >= 0.6 is 0 Å². The van der Waals surface area contributed by atoms with Crippen molar-refractivity contribution >= 4 is 0 Å². The molecule has 0 spiro atoms. The molecule has 0 heterocycles. The Morgan fingerprint density at radius 3 is 1.42 bits per heavy atom. The Kier molecular flexibility index (Phi) is 4.03. The summed E-state index contributed by atoms with van der Waals surface area (Å²) in [4.78, 5) is 1.42. The van der Waals surface area contributed by atoms with Crippen LogP contribution in [0, 0.1) is 0 Å². The SMILES string of the molecule is CC(C)N(CC(F)(F)F)C(C)C. The van der Waals surface area contributed by atoms with E-state index in [2.05, 4.69) is 0 Å². The maximum absolute atomic E-state index is 12.0. The molecule has 0 aromatic heterocycles. The Bertz CT molecular complexity index is 121. The zero-order valence-electron chi connectivity index (χ0n) is 7.94. The Hall–Kier alpha value is -0.250. The van der Waals surface area contributed by atoms with Gasteiger partial charge >= 0.3 is 6.18 Å². The van der Waals surface area contributed by atoms with Crippen molar-refractivity contribution in [3.8, 4) is 0 Å². The Morgan fingerprint density at radius 1 is 1.00 bits per heavy atom. The van der Waals surface area contributed by atoms with Gasteiger partial charge in [0.1, 0.15) is 0 Å². The van der Waals surface area contributed by atoms with E-state index in [0.717, 1.165) is 0 Å². The first-order valence-electron chi connectivity index (χ1n) is 4.06. The topological polar surface area (TPSA) is 3.24 Å². The molecule has 1 nitrogen and oxygen atoms in total. The maximum Gasteiger partial charge on any atom is 0.401 e. The number of hydrogen-bond donors (Lipinski definition) is 0. The Balaban J connectivity index is 4.15. The summed E-state index contributed by atoms with van der Waals surface area (Å²) in [6, 6.07) is -0.127. The molecule has 0 N–H and O–H groups in total. The van der Waals surface area contributed by atoms with Crippen LogP contribution in [0.2, 0.25) is 0 Å². The van der Waals surface area contributed by atoms with Crippen molar-refractivity contribution < 1.29 is 13.2 Å². The van der Waals surface area contributed by atoms with Crippen LogP contribution in [0.25, 0.3) is 0 Å². The monoisotopic (exact) mass is 183 g/mol. The van der Waals surface area contributed by atoms with Crippen molar-refractivity contribution in [2.24, 2.45) is 0 Å². The van der Waals surface area contributed by atoms with Gasteiger partial charge in [0, 0.05) is 12.1 Å². The molecule has 0 fully saturated rings. The Morgan fingerprint density at radius 2 is 1.33 bits per heavy atom. The number of hydrogen-bond acceptors (Lipinski definition) is 1. The highest BCUT2D eigenvalue weighted by Gasteiger charge is 2.32. The van der Waals surface area contributed by atoms with Gasteiger partial charge in [0.15, 0.2) is 0 Å². The van der Waals surface area contributed by atoms with Crippen LogP contribution in [-0.2, 0) is 0 Å². The average Bonchev–Trinajstić information content (AvgIpc) is 1.79. The van der Waals surface area contributed by atoms with Crippen LogP contribution in [0.15, 0.2) is 0 Å². The van der Waals surface area contributed by atoms with Gasteiger partial charge in [0.2, 0.25) is 0 Å². The van der Waals surface area contributed by atoms with Gasteiger partial charge in [-0.05, 0) is 27.7 Å². The lowest BCUT2D eigenvalue weighted by molar-refractivity contribution is -0.153. The summed E-state index contributed by atoms with van der Waals surface area (Å²) >= 11 is 0. The molecule has 0 aromatic carbocycles. The fourth-order valence-electron chi connectivity index (χ4n) is 1.17. The molecule has 12 heavy (non-hydrogen) atoms. The molecule has 0 aromatic rings. The van der Waals surface area contributed by atoms with Gasteiger partial charge in [0.05, 0.1) is 6.54 Å². The summed E-state index contributed by atoms with van der Waals surface area (Å²) in [6.45, 7) is 6.26. The van der Waals surface area contributed by atoms with Gasteiger partial charge in [-0.1, -0.05) is 0 Å². The van der Waals surface area contributed by atoms with Crippen LogP contribution in [0.3, 0.4) is 0 Å². The van der Waals surface area contributed by atoms with E-state index in [4.69, 9.17) is 0 Å². The van der Waals surface area contributed by atoms with E-state index in [-0.39, 0.29) is 12.1 Å². The summed E-state index contributed by atoms with van der Waals surface area (Å²) < 4.78 is 36.0. The van der Waals surface area contributed by atoms with Crippen molar-refractivity contribution in [2.75, 3.05) is 6.54 Å². The van der Waals surface area contributed by atoms with Gasteiger partial charge in [-0.25, -0.2) is 0 Å². The van der Waals surface area contributed by atoms with Crippen LogP contribution < -0.4 is 0 Å². The molecule has 74 valence electrons. The first-order valence-corrected chi connectivity index (χ1v) is 4.06. The molecule has 0 bridgehead atoms. The van der Waals surface area contributed by atoms with Crippen LogP contribution in [-0.4, -0.2) is 29.7 Å². The molecular weight excluding hydrogens is 167 g/mol. The van der Waals surface area contributed by atoms with Crippen molar-refractivity contribution in [3.05, 3.63) is 0 Å². The zero-order valence-corrected chi connectivity index (χ0v) is 7.94. The normalized spacial score (nSPS) is 13.5. The largest absolute Gasteiger partial charge is 0.401 e. The van der Waals surface area contributed by atoms with Crippen LogP contribution in [0.4, 0.5) is 13.2 Å². The highest BCUT2D eigenvalue weighted by Crippen LogP contribution is 2.19. The molecule has 0 amide bonds. The minimum absolute atomic E-state index is 0.0633. The summed E-state index contributed by atoms with van der Waals surface area (Å²) in [5, 5.41) is 0. The third-order valence-corrected chi connectivity index (χ3v) is 1.69. The predicted octanol–water partition coefficient (Wildman–Crippen LogP) is 2.67. The predicted molar refractivity (Wildman–Crippen MR) is 43.0 cm³/mol. The molecule has 0 atom stereocenters. The van der Waals surface area contributed by atoms with E-state index in [1.165, 1.54) is 4.90 Å². The van der Waals surface area contributed by atoms with E-state index in [9.17, 15) is 13.2 Å². The third kappa shape index (κ3) is 4.59. The molecule has 0 aliphatic rings. The lowest BCUT2D eigenvalue weighted by Crippen LogP contribution is -2.43. The summed E-state index contributed by atoms with van der Waals surface area (Å²) in [6.07, 6.45) is -4.09. The second-order valence-corrected chi connectivity index (χ2v) is 3.48. The van der Waals surface area contributed by atoms with Gasteiger partial charge in [-0.15, -0.1) is 0 Å². The first kappa shape index (κ1) is 11.8. The Labute approximate surface area is 71.6 Å². The quantitative estimate of drug-likeness (QED) is 0.650. The number of nitrogens with zero attached hydrogens (tertiary/aromatic N) is 1.